The molecule has 2 aromatic rings. The Bertz CT molecular complexity index is 575. The largest absolute Gasteiger partial charge is 0.355 e. The van der Waals surface area contributed by atoms with Crippen LogP contribution in [-0.4, -0.2) is 24.0 Å². The van der Waals surface area contributed by atoms with Crippen LogP contribution in [0.3, 0.4) is 0 Å². The van der Waals surface area contributed by atoms with E-state index in [1.54, 1.807) is 24.4 Å². The van der Waals surface area contributed by atoms with Crippen molar-refractivity contribution in [2.24, 2.45) is 0 Å². The van der Waals surface area contributed by atoms with Gasteiger partial charge in [-0.3, -0.25) is 9.78 Å². The zero-order valence-electron chi connectivity index (χ0n) is 11.7. The lowest BCUT2D eigenvalue weighted by Gasteiger charge is -2.07. The highest BCUT2D eigenvalue weighted by molar-refractivity contribution is 5.77. The second-order valence-corrected chi connectivity index (χ2v) is 4.62. The van der Waals surface area contributed by atoms with Gasteiger partial charge in [0.1, 0.15) is 5.82 Å². The fraction of sp³-hybridized carbons (Fsp3) is 0.250. The van der Waals surface area contributed by atoms with E-state index in [1.165, 1.54) is 6.07 Å². The van der Waals surface area contributed by atoms with Crippen molar-refractivity contribution in [2.75, 3.05) is 13.1 Å². The smallest absolute Gasteiger partial charge is 0.233 e. The van der Waals surface area contributed by atoms with Crippen LogP contribution in [0.1, 0.15) is 11.3 Å². The highest BCUT2D eigenvalue weighted by atomic mass is 19.1. The summed E-state index contributed by atoms with van der Waals surface area (Å²) in [6.07, 6.45) is 2.20. The van der Waals surface area contributed by atoms with Gasteiger partial charge in [-0.2, -0.15) is 0 Å². The minimum absolute atomic E-state index is 0.109. The van der Waals surface area contributed by atoms with Gasteiger partial charge in [0.25, 0.3) is 0 Å². The second-order valence-electron chi connectivity index (χ2n) is 4.62. The Morgan fingerprint density at radius 2 is 1.95 bits per heavy atom. The number of hydrogen-bond donors (Lipinski definition) is 2. The van der Waals surface area contributed by atoms with Crippen molar-refractivity contribution < 1.29 is 9.18 Å². The second kappa shape index (κ2) is 8.11. The molecule has 0 atom stereocenters. The van der Waals surface area contributed by atoms with Crippen LogP contribution in [0.4, 0.5) is 4.39 Å². The van der Waals surface area contributed by atoms with Crippen molar-refractivity contribution in [3.05, 3.63) is 65.7 Å². The maximum atomic E-state index is 13.4. The van der Waals surface area contributed by atoms with Crippen LogP contribution < -0.4 is 10.6 Å². The molecule has 0 aliphatic carbocycles. The number of nitrogens with zero attached hydrogens (tertiary/aromatic N) is 1. The molecule has 0 saturated heterocycles. The maximum absolute atomic E-state index is 13.4. The van der Waals surface area contributed by atoms with Crippen LogP contribution >= 0.6 is 0 Å². The first kappa shape index (κ1) is 15.1. The van der Waals surface area contributed by atoms with Crippen molar-refractivity contribution >= 4 is 5.91 Å². The van der Waals surface area contributed by atoms with Crippen LogP contribution in [-0.2, 0) is 17.8 Å². The molecular formula is C16H18FN3O. The lowest BCUT2D eigenvalue weighted by atomic mass is 10.1. The number of hydrogen-bond acceptors (Lipinski definition) is 3. The zero-order valence-corrected chi connectivity index (χ0v) is 11.7. The zero-order chi connectivity index (χ0) is 14.9. The Morgan fingerprint density at radius 1 is 1.14 bits per heavy atom. The number of amides is 1. The molecule has 1 aromatic carbocycles. The summed E-state index contributed by atoms with van der Waals surface area (Å²) >= 11 is 0. The number of carbonyl (C=O) groups is 1. The Balaban J connectivity index is 1.63. The lowest BCUT2D eigenvalue weighted by molar-refractivity contribution is -0.120. The van der Waals surface area contributed by atoms with E-state index >= 15 is 0 Å². The highest BCUT2D eigenvalue weighted by Crippen LogP contribution is 2.05. The Kier molecular flexibility index (Phi) is 5.84. The third kappa shape index (κ3) is 5.31. The lowest BCUT2D eigenvalue weighted by Crippen LogP contribution is -2.34. The van der Waals surface area contributed by atoms with Crippen molar-refractivity contribution in [3.8, 4) is 0 Å². The number of halogens is 1. The standard InChI is InChI=1S/C16H18FN3O/c17-15-7-2-1-5-13(15)8-10-20-16(21)12-18-11-14-6-3-4-9-19-14/h1-7,9,18H,8,10-12H2,(H,20,21). The molecule has 5 heteroatoms. The molecule has 0 radical (unpaired) electrons. The molecule has 110 valence electrons. The summed E-state index contributed by atoms with van der Waals surface area (Å²) in [4.78, 5) is 15.8. The first-order chi connectivity index (χ1) is 10.3. The molecule has 0 bridgehead atoms. The summed E-state index contributed by atoms with van der Waals surface area (Å²) in [5, 5.41) is 5.77. The fourth-order valence-corrected chi connectivity index (χ4v) is 1.91. The molecule has 0 fully saturated rings. The van der Waals surface area contributed by atoms with E-state index in [0.717, 1.165) is 5.69 Å². The first-order valence-electron chi connectivity index (χ1n) is 6.86. The van der Waals surface area contributed by atoms with E-state index in [1.807, 2.05) is 18.2 Å². The molecule has 0 saturated carbocycles. The van der Waals surface area contributed by atoms with Crippen molar-refractivity contribution in [3.63, 3.8) is 0 Å². The van der Waals surface area contributed by atoms with E-state index in [9.17, 15) is 9.18 Å². The molecule has 1 heterocycles. The minimum atomic E-state index is -0.236. The van der Waals surface area contributed by atoms with Crippen molar-refractivity contribution in [1.82, 2.24) is 15.6 Å². The molecule has 0 aliphatic rings. The molecule has 0 spiro atoms. The van der Waals surface area contributed by atoms with Gasteiger partial charge in [-0.1, -0.05) is 24.3 Å². The van der Waals surface area contributed by atoms with Gasteiger partial charge in [-0.15, -0.1) is 0 Å². The van der Waals surface area contributed by atoms with E-state index < -0.39 is 0 Å². The van der Waals surface area contributed by atoms with Gasteiger partial charge in [-0.05, 0) is 30.2 Å². The summed E-state index contributed by atoms with van der Waals surface area (Å²) in [7, 11) is 0. The number of carbonyl (C=O) groups excluding carboxylic acids is 1. The normalized spacial score (nSPS) is 10.3. The topological polar surface area (TPSA) is 54.0 Å². The van der Waals surface area contributed by atoms with Crippen LogP contribution in [0.5, 0.6) is 0 Å². The summed E-state index contributed by atoms with van der Waals surface area (Å²) in [6.45, 7) is 1.18. The third-order valence-electron chi connectivity index (χ3n) is 2.99. The predicted octanol–water partition coefficient (Wildman–Crippen LogP) is 1.67. The average Bonchev–Trinajstić information content (AvgIpc) is 2.50. The minimum Gasteiger partial charge on any atom is -0.355 e. The molecule has 0 aliphatic heterocycles. The van der Waals surface area contributed by atoms with Crippen LogP contribution in [0.25, 0.3) is 0 Å². The highest BCUT2D eigenvalue weighted by Gasteiger charge is 2.03. The van der Waals surface area contributed by atoms with Crippen LogP contribution in [0.15, 0.2) is 48.7 Å². The quantitative estimate of drug-likeness (QED) is 0.814. The van der Waals surface area contributed by atoms with Crippen molar-refractivity contribution in [1.29, 1.82) is 0 Å². The summed E-state index contributed by atoms with van der Waals surface area (Å²) in [5.41, 5.74) is 1.50. The van der Waals surface area contributed by atoms with E-state index in [4.69, 9.17) is 0 Å². The van der Waals surface area contributed by atoms with Gasteiger partial charge in [0.15, 0.2) is 0 Å². The molecule has 2 rings (SSSR count). The molecule has 21 heavy (non-hydrogen) atoms. The third-order valence-corrected chi connectivity index (χ3v) is 2.99. The number of rotatable bonds is 7. The Hall–Kier alpha value is -2.27. The summed E-state index contributed by atoms with van der Waals surface area (Å²) in [6, 6.07) is 12.2. The van der Waals surface area contributed by atoms with E-state index in [-0.39, 0.29) is 18.3 Å². The van der Waals surface area contributed by atoms with Crippen LogP contribution in [0, 0.1) is 5.82 Å². The number of benzene rings is 1. The Morgan fingerprint density at radius 3 is 2.71 bits per heavy atom. The average molecular weight is 287 g/mol. The monoisotopic (exact) mass is 287 g/mol. The Labute approximate surface area is 123 Å². The molecule has 2 N–H and O–H groups in total. The molecule has 0 unspecified atom stereocenters. The van der Waals surface area contributed by atoms with Gasteiger partial charge in [0.2, 0.25) is 5.91 Å². The predicted molar refractivity (Wildman–Crippen MR) is 79.1 cm³/mol. The summed E-state index contributed by atoms with van der Waals surface area (Å²) in [5.74, 6) is -0.345. The van der Waals surface area contributed by atoms with Gasteiger partial charge >= 0.3 is 0 Å². The molecule has 4 nitrogen and oxygen atoms in total. The maximum Gasteiger partial charge on any atom is 0.233 e. The first-order valence-corrected chi connectivity index (χ1v) is 6.86. The number of nitrogens with one attached hydrogen (secondary N) is 2. The fourth-order valence-electron chi connectivity index (χ4n) is 1.91. The van der Waals surface area contributed by atoms with Gasteiger partial charge in [0, 0.05) is 19.3 Å². The molecule has 1 amide bonds. The SMILES string of the molecule is O=C(CNCc1ccccn1)NCCc1ccccc1F. The van der Waals surface area contributed by atoms with Gasteiger partial charge in [-0.25, -0.2) is 4.39 Å². The van der Waals surface area contributed by atoms with E-state index in [2.05, 4.69) is 15.6 Å². The summed E-state index contributed by atoms with van der Waals surface area (Å²) < 4.78 is 13.4. The van der Waals surface area contributed by atoms with E-state index in [0.29, 0.717) is 25.1 Å². The van der Waals surface area contributed by atoms with Gasteiger partial charge < -0.3 is 10.6 Å². The van der Waals surface area contributed by atoms with Crippen LogP contribution in [0.2, 0.25) is 0 Å². The van der Waals surface area contributed by atoms with Crippen molar-refractivity contribution in [2.45, 2.75) is 13.0 Å². The number of aromatic nitrogens is 1. The van der Waals surface area contributed by atoms with Gasteiger partial charge in [0.05, 0.1) is 12.2 Å². The number of pyridine rings is 1. The molecule has 1 aromatic heterocycles. The molecular weight excluding hydrogens is 269 g/mol.